The molecular formula is C87H126Cl2N18O19. The molecule has 5 aliphatic rings. The Morgan fingerprint density at radius 2 is 1.32 bits per heavy atom. The number of ether oxygens (including phenoxy) is 3. The number of nitrogens with one attached hydrogen (secondary N) is 6. The van der Waals surface area contributed by atoms with Crippen LogP contribution in [0.4, 0.5) is 11.4 Å². The molecular weight excluding hydrogens is 1670 g/mol. The zero-order valence-electron chi connectivity index (χ0n) is 72.3. The summed E-state index contributed by atoms with van der Waals surface area (Å²) < 4.78 is 23.7. The summed E-state index contributed by atoms with van der Waals surface area (Å²) in [6.45, 7) is 15.2. The average Bonchev–Trinajstić information content (AvgIpc) is 1.59. The van der Waals surface area contributed by atoms with E-state index < -0.39 is 152 Å². The van der Waals surface area contributed by atoms with Gasteiger partial charge in [0.25, 0.3) is 0 Å². The molecule has 0 aliphatic carbocycles. The number of aromatic hydroxyl groups is 1. The van der Waals surface area contributed by atoms with Gasteiger partial charge in [-0.2, -0.15) is 10.2 Å². The van der Waals surface area contributed by atoms with Crippen LogP contribution in [-0.2, 0) is 55.4 Å². The van der Waals surface area contributed by atoms with Crippen LogP contribution in [0.15, 0.2) is 115 Å². The molecule has 0 saturated carbocycles. The normalized spacial score (nSPS) is 25.3. The highest BCUT2D eigenvalue weighted by molar-refractivity contribution is 6.35. The molecule has 11 rings (SSSR count). The third kappa shape index (κ3) is 26.2. The summed E-state index contributed by atoms with van der Waals surface area (Å²) in [6, 6.07) is 15.2. The number of aliphatic hydroxyl groups is 7. The maximum Gasteiger partial charge on any atom is 0.350 e. The fourth-order valence-corrected chi connectivity index (χ4v) is 17.0. The maximum atomic E-state index is 14.6. The van der Waals surface area contributed by atoms with Crippen molar-refractivity contribution >= 4 is 75.9 Å². The summed E-state index contributed by atoms with van der Waals surface area (Å²) in [4.78, 5) is 124. The van der Waals surface area contributed by atoms with Crippen molar-refractivity contribution in [3.05, 3.63) is 142 Å². The van der Waals surface area contributed by atoms with Crippen molar-refractivity contribution in [2.75, 3.05) is 81.9 Å². The number of unbranched alkanes of at least 4 members (excludes halogenated alkanes) is 5. The molecule has 3 unspecified atom stereocenters. The number of fused-ring (bicyclic) bond motifs is 2. The fourth-order valence-electron chi connectivity index (χ4n) is 16.5. The van der Waals surface area contributed by atoms with Gasteiger partial charge in [0.05, 0.1) is 53.9 Å². The van der Waals surface area contributed by atoms with Crippen LogP contribution in [0, 0.1) is 11.8 Å². The van der Waals surface area contributed by atoms with Crippen LogP contribution in [-0.4, -0.2) is 278 Å². The first kappa shape index (κ1) is 98.7. The molecule has 2 aromatic heterocycles. The Kier molecular flexibility index (Phi) is 36.9. The topological polar surface area (TPSA) is 517 Å². The Hall–Kier alpha value is -9.45. The molecule has 19 atom stereocenters. The number of rotatable bonds is 34. The molecule has 0 bridgehead atoms. The lowest BCUT2D eigenvalue weighted by atomic mass is 9.91. The van der Waals surface area contributed by atoms with Gasteiger partial charge in [0.2, 0.25) is 47.1 Å². The van der Waals surface area contributed by atoms with Gasteiger partial charge in [-0.1, -0.05) is 114 Å². The van der Waals surface area contributed by atoms with Crippen LogP contribution in [0.25, 0.3) is 5.69 Å². The summed E-state index contributed by atoms with van der Waals surface area (Å²) >= 11 is 12.7. The molecule has 4 aromatic carbocycles. The third-order valence-electron chi connectivity index (χ3n) is 24.0. The zero-order valence-corrected chi connectivity index (χ0v) is 73.8. The van der Waals surface area contributed by atoms with Crippen molar-refractivity contribution in [3.8, 4) is 17.2 Å². The molecule has 18 N–H and O–H groups in total. The van der Waals surface area contributed by atoms with Crippen LogP contribution in [0.3, 0.4) is 0 Å². The molecule has 0 spiro atoms. The van der Waals surface area contributed by atoms with E-state index in [-0.39, 0.29) is 81.1 Å². The van der Waals surface area contributed by atoms with Crippen molar-refractivity contribution in [1.82, 2.24) is 70.8 Å². The van der Waals surface area contributed by atoms with Crippen LogP contribution < -0.4 is 63.6 Å². The van der Waals surface area contributed by atoms with E-state index in [9.17, 15) is 79.2 Å². The number of phenols is 1. The second-order valence-electron chi connectivity index (χ2n) is 33.6. The Balaban J connectivity index is 0.000000288. The number of halogens is 2. The summed E-state index contributed by atoms with van der Waals surface area (Å²) in [6.07, 6.45) is -1.76. The summed E-state index contributed by atoms with van der Waals surface area (Å²) in [5, 5.41) is 114. The molecule has 7 amide bonds. The quantitative estimate of drug-likeness (QED) is 0.0258. The van der Waals surface area contributed by atoms with E-state index in [1.54, 1.807) is 34.0 Å². The summed E-state index contributed by atoms with van der Waals surface area (Å²) in [5.74, 6) is -6.84. The smallest absolute Gasteiger partial charge is 0.350 e. The zero-order chi connectivity index (χ0) is 91.1. The second kappa shape index (κ2) is 47.0. The molecule has 0 radical (unpaired) electrons. The van der Waals surface area contributed by atoms with E-state index in [1.165, 1.54) is 41.7 Å². The first-order chi connectivity index (χ1) is 60.3. The molecule has 37 nitrogen and oxygen atoms in total. The van der Waals surface area contributed by atoms with Gasteiger partial charge in [0.15, 0.2) is 0 Å². The van der Waals surface area contributed by atoms with Crippen molar-refractivity contribution < 1.29 is 88.6 Å². The largest absolute Gasteiger partial charge is 0.508 e. The van der Waals surface area contributed by atoms with Crippen molar-refractivity contribution in [2.24, 2.45) is 23.3 Å². The highest BCUT2D eigenvalue weighted by atomic mass is 35.5. The van der Waals surface area contributed by atoms with Gasteiger partial charge in [-0.25, -0.2) is 23.7 Å². The second-order valence-corrected chi connectivity index (χ2v) is 34.4. The van der Waals surface area contributed by atoms with Gasteiger partial charge < -0.3 is 113 Å². The number of aromatic nitrogens is 6. The number of hydrogen-bond donors (Lipinski definition) is 16. The number of benzene rings is 4. The summed E-state index contributed by atoms with van der Waals surface area (Å²) in [5.41, 5.74) is 15.1. The molecule has 39 heteroatoms. The number of anilines is 2. The van der Waals surface area contributed by atoms with Crippen LogP contribution >= 0.6 is 23.2 Å². The van der Waals surface area contributed by atoms with Crippen LogP contribution in [0.5, 0.6) is 11.5 Å². The monoisotopic (exact) mass is 1800 g/mol. The van der Waals surface area contributed by atoms with Crippen LogP contribution in [0.1, 0.15) is 161 Å². The number of phenolic OH excluding ortho intramolecular Hbond substituents is 1. The Morgan fingerprint density at radius 3 is 1.95 bits per heavy atom. The number of nitrogens with two attached hydrogens (primary N) is 2. The Labute approximate surface area is 743 Å². The number of hydrogen-bond acceptors (Lipinski definition) is 27. The number of carbonyl (C=O) groups is 7. The Morgan fingerprint density at radius 1 is 0.675 bits per heavy atom. The maximum absolute atomic E-state index is 14.6. The van der Waals surface area contributed by atoms with Gasteiger partial charge in [-0.05, 0) is 143 Å². The molecule has 5 aliphatic heterocycles. The first-order valence-corrected chi connectivity index (χ1v) is 44.5. The van der Waals surface area contributed by atoms with Crippen LogP contribution in [0.2, 0.25) is 10.0 Å². The van der Waals surface area contributed by atoms with E-state index in [0.717, 1.165) is 111 Å². The number of amides is 7. The van der Waals surface area contributed by atoms with Crippen molar-refractivity contribution in [3.63, 3.8) is 0 Å². The van der Waals surface area contributed by atoms with E-state index in [1.807, 2.05) is 44.2 Å². The average molecular weight is 1800 g/mol. The molecule has 126 heavy (non-hydrogen) atoms. The predicted octanol–water partition coefficient (Wildman–Crippen LogP) is 2.27. The van der Waals surface area contributed by atoms with E-state index in [4.69, 9.17) is 48.9 Å². The molecule has 6 aromatic rings. The van der Waals surface area contributed by atoms with Crippen molar-refractivity contribution in [2.45, 2.75) is 247 Å². The number of piperazine rings is 1. The third-order valence-corrected chi connectivity index (χ3v) is 24.6. The Bertz CT molecular complexity index is 4550. The molecule has 7 heterocycles. The number of nitrogens with zero attached hydrogens (tertiary/aromatic N) is 10. The van der Waals surface area contributed by atoms with Gasteiger partial charge in [-0.3, -0.25) is 38.9 Å². The summed E-state index contributed by atoms with van der Waals surface area (Å²) in [7, 11) is 0. The molecule has 5 saturated heterocycles. The van der Waals surface area contributed by atoms with Gasteiger partial charge in [0.1, 0.15) is 104 Å². The predicted molar refractivity (Wildman–Crippen MR) is 468 cm³/mol. The molecule has 692 valence electrons. The highest BCUT2D eigenvalue weighted by Gasteiger charge is 2.50. The number of aliphatic hydroxyl groups excluding tert-OH is 7. The van der Waals surface area contributed by atoms with E-state index in [0.29, 0.717) is 53.5 Å². The lowest BCUT2D eigenvalue weighted by molar-refractivity contribution is -0.190. The van der Waals surface area contributed by atoms with E-state index in [2.05, 4.69) is 102 Å². The van der Waals surface area contributed by atoms with Crippen molar-refractivity contribution in [1.29, 1.82) is 0 Å². The highest BCUT2D eigenvalue weighted by Crippen LogP contribution is 2.41. The van der Waals surface area contributed by atoms with Gasteiger partial charge in [0, 0.05) is 93.6 Å². The van der Waals surface area contributed by atoms with E-state index >= 15 is 0 Å². The lowest BCUT2D eigenvalue weighted by Crippen LogP contribution is -2.65. The molecule has 5 fully saturated rings. The number of carbonyl (C=O) groups excluding carboxylic acids is 7. The van der Waals surface area contributed by atoms with Gasteiger partial charge >= 0.3 is 5.69 Å². The van der Waals surface area contributed by atoms with Gasteiger partial charge in [-0.15, -0.1) is 0 Å². The minimum atomic E-state index is -2.28. The minimum Gasteiger partial charge on any atom is -0.508 e. The SMILES string of the molecule is CCC(C)CC(C)CCCCCCCCC(=O)N[C@H]1C[C@@H](O)[C@H](NCCN)NC(=O)[C@@H]2[C@@H](O)CCN2C(=O)[C@H]([C@@H](O)CCN)NC(=O)[C@H]([C@H](O)[C@@H](O)c2ccc(O)cc2)NC(=O)[C@@H]2C[C@@H](O)CN2C(=O)[C@H]([C@@H](C)O)NC1=O.CCC(C)n1ncn(-c2ccc(N3CCN(c4ccc(OC[C@H]5CO[C@](Cn6cncn6)(c6ccc(Cl)cc6Cl)O5)cc4)CC3)cc2)c1=O. The first-order valence-electron chi connectivity index (χ1n) is 43.7. The fraction of sp³-hybridized carbons (Fsp3) is 0.598. The standard InChI is InChI=1S/C52H88N10O15.C35H38Cl2N8O4/c1-5-28(2)24-29(3)12-10-8-6-7-9-11-13-39(69)56-34-26-38(68)46(55-22-21-54)60-50(75)43-37(67)19-23-61(43)52(77)41(36(66)18-20-53)58-49(74)42(45(71)44(70)31-14-16-32(64)17-15-31)59-48(73)35-25-33(65)27-62(35)51(76)40(30(4)63)57-47(34)72;1-3-25(2)45-34(46)44(24-40-45)29-7-5-27(6-8-29)41-14-16-42(17-15-41)28-9-11-30(12-10-28)47-19-31-20-48-35(49-31,21-43-23-38-22-39-43)32-13-4-26(36)18-33(32)37/h14-17,28-30,33-38,40-46,55,63-68,70-71H,5-13,18-27,53-54H2,1-4H3,(H,56,69)(H,57,72)(H,58,74)(H,59,73)(H,60,75);4-13,18,22-25,31H,3,14-17,19-21H2,1-2H3/t28?,29?,30-,33-,34+,35+,36+,37+,38-,40+,41+,42+,43+,44+,45+,46-;25?,31-,35-/m10/s1. The lowest BCUT2D eigenvalue weighted by Gasteiger charge is -2.37. The minimum absolute atomic E-state index is 0.0257.